The van der Waals surface area contributed by atoms with Gasteiger partial charge in [0.05, 0.1) is 36.8 Å². The second-order valence-electron chi connectivity index (χ2n) is 8.47. The lowest BCUT2D eigenvalue weighted by atomic mass is 9.88. The summed E-state index contributed by atoms with van der Waals surface area (Å²) in [6, 6.07) is 18.4. The van der Waals surface area contributed by atoms with Crippen LogP contribution >= 0.6 is 0 Å². The molecule has 168 valence electrons. The first-order chi connectivity index (χ1) is 16.7. The van der Waals surface area contributed by atoms with Crippen LogP contribution in [0.3, 0.4) is 0 Å². The summed E-state index contributed by atoms with van der Waals surface area (Å²) < 4.78 is 25.0. The maximum atomic E-state index is 9.74. The Labute approximate surface area is 197 Å². The van der Waals surface area contributed by atoms with E-state index in [1.54, 1.807) is 14.2 Å². The van der Waals surface area contributed by atoms with E-state index in [2.05, 4.69) is 35.0 Å². The summed E-state index contributed by atoms with van der Waals surface area (Å²) in [5.41, 5.74) is 6.31. The van der Waals surface area contributed by atoms with Crippen molar-refractivity contribution in [1.82, 2.24) is 0 Å². The van der Waals surface area contributed by atoms with Gasteiger partial charge in [-0.2, -0.15) is 9.83 Å². The molecular weight excluding hydrogens is 428 g/mol. The largest absolute Gasteiger partial charge is 0.493 e. The molecule has 3 heterocycles. The van der Waals surface area contributed by atoms with Crippen molar-refractivity contribution >= 4 is 10.8 Å². The Morgan fingerprint density at radius 2 is 1.82 bits per heavy atom. The molecule has 2 aliphatic heterocycles. The number of aryl methyl sites for hydroxylation is 2. The first-order valence-corrected chi connectivity index (χ1v) is 11.2. The zero-order valence-electron chi connectivity index (χ0n) is 19.1. The van der Waals surface area contributed by atoms with Gasteiger partial charge in [-0.3, -0.25) is 0 Å². The third-order valence-electron chi connectivity index (χ3n) is 6.75. The molecule has 6 rings (SSSR count). The molecule has 0 spiro atoms. The fourth-order valence-corrected chi connectivity index (χ4v) is 5.16. The van der Waals surface area contributed by atoms with E-state index in [0.717, 1.165) is 57.6 Å². The van der Waals surface area contributed by atoms with Crippen LogP contribution in [-0.2, 0) is 19.4 Å². The molecule has 0 atom stereocenters. The number of methoxy groups -OCH3 is 2. The van der Waals surface area contributed by atoms with Crippen LogP contribution in [0.15, 0.2) is 54.7 Å². The van der Waals surface area contributed by atoms with Gasteiger partial charge in [0.15, 0.2) is 35.7 Å². The molecule has 0 saturated heterocycles. The number of fused-ring (bicyclic) bond motifs is 5. The maximum absolute atomic E-state index is 9.74. The summed E-state index contributed by atoms with van der Waals surface area (Å²) in [6.07, 6.45) is 3.65. The van der Waals surface area contributed by atoms with Gasteiger partial charge < -0.3 is 18.9 Å². The normalized spacial score (nSPS) is 13.2. The first kappa shape index (κ1) is 20.4. The van der Waals surface area contributed by atoms with E-state index in [1.807, 2.05) is 30.3 Å². The minimum atomic E-state index is 0.245. The number of hydrogen-bond acceptors (Lipinski definition) is 5. The zero-order valence-corrected chi connectivity index (χ0v) is 19.1. The monoisotopic (exact) mass is 451 g/mol. The summed E-state index contributed by atoms with van der Waals surface area (Å²) in [6.45, 7) is 1.07. The predicted molar refractivity (Wildman–Crippen MR) is 126 cm³/mol. The molecule has 6 nitrogen and oxygen atoms in total. The molecule has 34 heavy (non-hydrogen) atoms. The van der Waals surface area contributed by atoms with Gasteiger partial charge in [0.2, 0.25) is 12.5 Å². The molecule has 1 aromatic heterocycles. The van der Waals surface area contributed by atoms with Gasteiger partial charge >= 0.3 is 0 Å². The van der Waals surface area contributed by atoms with Crippen molar-refractivity contribution in [2.75, 3.05) is 21.0 Å². The zero-order chi connectivity index (χ0) is 23.2. The molecule has 2 aliphatic rings. The van der Waals surface area contributed by atoms with E-state index in [9.17, 15) is 5.26 Å². The van der Waals surface area contributed by atoms with E-state index in [1.165, 1.54) is 5.56 Å². The maximum Gasteiger partial charge on any atom is 0.231 e. The van der Waals surface area contributed by atoms with Crippen LogP contribution in [0.4, 0.5) is 0 Å². The number of nitrogens with zero attached hydrogens (tertiary/aromatic N) is 2. The first-order valence-electron chi connectivity index (χ1n) is 11.2. The van der Waals surface area contributed by atoms with Gasteiger partial charge in [0.25, 0.3) is 0 Å². The van der Waals surface area contributed by atoms with Crippen molar-refractivity contribution in [3.05, 3.63) is 77.0 Å². The fourth-order valence-electron chi connectivity index (χ4n) is 5.16. The molecular formula is C28H23N2O4+. The minimum Gasteiger partial charge on any atom is -0.493 e. The summed E-state index contributed by atoms with van der Waals surface area (Å²) >= 11 is 0. The van der Waals surface area contributed by atoms with Crippen molar-refractivity contribution in [3.63, 3.8) is 0 Å². The van der Waals surface area contributed by atoms with E-state index >= 15 is 0 Å². The molecule has 0 radical (unpaired) electrons. The molecule has 0 aliphatic carbocycles. The standard InChI is InChI=1S/C28H23N2O4/c1-31-24-8-7-20-22(11-17-5-3-4-6-19(17)14-29)27-21-13-26-25(33-16-34-26)12-18(21)9-10-30(27)15-23(20)28(24)32-2/h3-8,12-13,15H,9-11,16H2,1-2H3/q+1. The van der Waals surface area contributed by atoms with Crippen LogP contribution < -0.4 is 23.5 Å². The highest BCUT2D eigenvalue weighted by Gasteiger charge is 2.32. The van der Waals surface area contributed by atoms with Gasteiger partial charge in [-0.25, -0.2) is 0 Å². The lowest BCUT2D eigenvalue weighted by Gasteiger charge is -2.21. The fraction of sp³-hybridized carbons (Fsp3) is 0.214. The number of nitriles is 1. The average Bonchev–Trinajstić information content (AvgIpc) is 3.34. The summed E-state index contributed by atoms with van der Waals surface area (Å²) in [7, 11) is 3.32. The highest BCUT2D eigenvalue weighted by atomic mass is 16.7. The van der Waals surface area contributed by atoms with Crippen LogP contribution in [0.1, 0.15) is 22.3 Å². The van der Waals surface area contributed by atoms with Crippen LogP contribution in [0, 0.1) is 11.3 Å². The van der Waals surface area contributed by atoms with Gasteiger partial charge in [-0.1, -0.05) is 18.2 Å². The number of rotatable bonds is 4. The SMILES string of the molecule is COc1ccc2c(Cc3ccccc3C#N)c3[n+](cc2c1OC)CCc1cc2c(cc1-3)OCO2. The highest BCUT2D eigenvalue weighted by Crippen LogP contribution is 2.44. The van der Waals surface area contributed by atoms with Crippen LogP contribution in [0.2, 0.25) is 0 Å². The van der Waals surface area contributed by atoms with E-state index in [0.29, 0.717) is 23.5 Å². The Morgan fingerprint density at radius 3 is 2.62 bits per heavy atom. The summed E-state index contributed by atoms with van der Waals surface area (Å²) in [5, 5.41) is 11.8. The second-order valence-corrected chi connectivity index (χ2v) is 8.47. The molecule has 4 aromatic rings. The van der Waals surface area contributed by atoms with Crippen molar-refractivity contribution in [1.29, 1.82) is 5.26 Å². The Balaban J connectivity index is 1.67. The Morgan fingerprint density at radius 1 is 1.00 bits per heavy atom. The van der Waals surface area contributed by atoms with Gasteiger partial charge in [-0.15, -0.1) is 0 Å². The Hall–Kier alpha value is -4.24. The van der Waals surface area contributed by atoms with E-state index in [4.69, 9.17) is 18.9 Å². The van der Waals surface area contributed by atoms with Crippen LogP contribution in [0.5, 0.6) is 23.0 Å². The highest BCUT2D eigenvalue weighted by molar-refractivity contribution is 5.95. The quantitative estimate of drug-likeness (QED) is 0.426. The van der Waals surface area contributed by atoms with Gasteiger partial charge in [0, 0.05) is 23.8 Å². The Bertz CT molecular complexity index is 1500. The molecule has 0 amide bonds. The third-order valence-corrected chi connectivity index (χ3v) is 6.75. The Kier molecular flexibility index (Phi) is 4.77. The number of ether oxygens (including phenoxy) is 4. The molecule has 0 N–H and O–H groups in total. The van der Waals surface area contributed by atoms with Crippen molar-refractivity contribution in [2.45, 2.75) is 19.4 Å². The molecule has 0 fully saturated rings. The van der Waals surface area contributed by atoms with Crippen molar-refractivity contribution in [3.8, 4) is 40.3 Å². The van der Waals surface area contributed by atoms with Gasteiger partial charge in [-0.05, 0) is 41.5 Å². The predicted octanol–water partition coefficient (Wildman–Crippen LogP) is 4.56. The molecule has 6 heteroatoms. The molecule has 0 saturated carbocycles. The number of benzene rings is 3. The molecule has 0 bridgehead atoms. The van der Waals surface area contributed by atoms with E-state index < -0.39 is 0 Å². The molecule has 3 aromatic carbocycles. The average molecular weight is 452 g/mol. The lowest BCUT2D eigenvalue weighted by molar-refractivity contribution is -0.686. The summed E-state index contributed by atoms with van der Waals surface area (Å²) in [4.78, 5) is 0. The third kappa shape index (κ3) is 3.05. The number of aromatic nitrogens is 1. The van der Waals surface area contributed by atoms with Gasteiger partial charge in [0.1, 0.15) is 0 Å². The summed E-state index contributed by atoms with van der Waals surface area (Å²) in [5.74, 6) is 2.97. The number of pyridine rings is 1. The van der Waals surface area contributed by atoms with Crippen molar-refractivity contribution in [2.24, 2.45) is 0 Å². The topological polar surface area (TPSA) is 64.6 Å². The molecule has 0 unspecified atom stereocenters. The number of hydrogen-bond donors (Lipinski definition) is 0. The minimum absolute atomic E-state index is 0.245. The van der Waals surface area contributed by atoms with Crippen LogP contribution in [0.25, 0.3) is 22.0 Å². The lowest BCUT2D eigenvalue weighted by Crippen LogP contribution is -2.41. The van der Waals surface area contributed by atoms with Crippen LogP contribution in [-0.4, -0.2) is 21.0 Å². The van der Waals surface area contributed by atoms with Crippen molar-refractivity contribution < 1.29 is 23.5 Å². The second kappa shape index (κ2) is 7.96. The smallest absolute Gasteiger partial charge is 0.231 e. The van der Waals surface area contributed by atoms with E-state index in [-0.39, 0.29) is 6.79 Å².